The van der Waals surface area contributed by atoms with Gasteiger partial charge < -0.3 is 25.2 Å². The minimum atomic E-state index is -1.22. The molecule has 0 aromatic heterocycles. The van der Waals surface area contributed by atoms with Crippen LogP contribution < -0.4 is 10.6 Å². The smallest absolute Gasteiger partial charge is 0.311 e. The van der Waals surface area contributed by atoms with E-state index in [4.69, 9.17) is 9.47 Å². The second-order valence-electron chi connectivity index (χ2n) is 10.8. The number of carboxylic acid groups (broad SMARTS) is 1. The molecule has 3 unspecified atom stereocenters. The van der Waals surface area contributed by atoms with Crippen molar-refractivity contribution in [3.63, 3.8) is 0 Å². The van der Waals surface area contributed by atoms with Gasteiger partial charge in [-0.15, -0.1) is 0 Å². The predicted octanol–water partition coefficient (Wildman–Crippen LogP) is 3.34. The number of hydrogen-bond donors (Lipinski definition) is 3. The first-order valence-corrected chi connectivity index (χ1v) is 11.8. The molecule has 0 spiro atoms. The third-order valence-electron chi connectivity index (χ3n) is 6.30. The highest BCUT2D eigenvalue weighted by atomic mass is 16.7. The topological polar surface area (TPSA) is 114 Å². The number of carbonyl (C=O) groups is 3. The summed E-state index contributed by atoms with van der Waals surface area (Å²) in [4.78, 5) is 37.4. The summed E-state index contributed by atoms with van der Waals surface area (Å²) in [5, 5.41) is 15.5. The van der Waals surface area contributed by atoms with Crippen molar-refractivity contribution >= 4 is 17.8 Å². The average Bonchev–Trinajstić information content (AvgIpc) is 2.68. The summed E-state index contributed by atoms with van der Waals surface area (Å²) in [6.45, 7) is 15.5. The maximum Gasteiger partial charge on any atom is 0.311 e. The number of ether oxygens (including phenoxy) is 2. The number of carbonyl (C=O) groups excluding carboxylic acids is 2. The van der Waals surface area contributed by atoms with Crippen molar-refractivity contribution < 1.29 is 29.0 Å². The van der Waals surface area contributed by atoms with Crippen LogP contribution in [-0.4, -0.2) is 54.5 Å². The van der Waals surface area contributed by atoms with Crippen LogP contribution in [0, 0.1) is 22.7 Å². The monoisotopic (exact) mass is 456 g/mol. The first-order valence-electron chi connectivity index (χ1n) is 11.8. The molecule has 1 saturated heterocycles. The Morgan fingerprint density at radius 3 is 2.31 bits per heavy atom. The summed E-state index contributed by atoms with van der Waals surface area (Å²) >= 11 is 0. The Morgan fingerprint density at radius 1 is 1.16 bits per heavy atom. The Hall–Kier alpha value is -1.67. The van der Waals surface area contributed by atoms with Crippen molar-refractivity contribution in [1.29, 1.82) is 0 Å². The molecule has 1 rings (SSSR count). The molecule has 1 heterocycles. The number of nitrogens with one attached hydrogen (secondary N) is 2. The van der Waals surface area contributed by atoms with E-state index in [9.17, 15) is 19.5 Å². The van der Waals surface area contributed by atoms with Crippen LogP contribution in [0.4, 0.5) is 0 Å². The Bertz CT molecular complexity index is 661. The molecule has 3 atom stereocenters. The quantitative estimate of drug-likeness (QED) is 0.415. The van der Waals surface area contributed by atoms with E-state index in [0.29, 0.717) is 6.61 Å². The first kappa shape index (κ1) is 28.4. The van der Waals surface area contributed by atoms with Crippen LogP contribution in [-0.2, 0) is 23.9 Å². The Balaban J connectivity index is 2.70. The Morgan fingerprint density at radius 2 is 1.78 bits per heavy atom. The van der Waals surface area contributed by atoms with E-state index in [1.54, 1.807) is 20.8 Å². The third kappa shape index (κ3) is 8.03. The van der Waals surface area contributed by atoms with E-state index in [1.807, 2.05) is 27.7 Å². The van der Waals surface area contributed by atoms with Gasteiger partial charge in [-0.05, 0) is 39.5 Å². The van der Waals surface area contributed by atoms with Crippen molar-refractivity contribution in [1.82, 2.24) is 10.6 Å². The van der Waals surface area contributed by atoms with Crippen LogP contribution in [0.2, 0.25) is 0 Å². The Labute approximate surface area is 193 Å². The summed E-state index contributed by atoms with van der Waals surface area (Å²) in [7, 11) is 0. The highest BCUT2D eigenvalue weighted by Gasteiger charge is 2.46. The molecule has 0 aromatic carbocycles. The lowest BCUT2D eigenvalue weighted by molar-refractivity contribution is -0.304. The van der Waals surface area contributed by atoms with Gasteiger partial charge in [0.05, 0.1) is 12.0 Å². The second kappa shape index (κ2) is 11.5. The van der Waals surface area contributed by atoms with Crippen molar-refractivity contribution in [2.45, 2.75) is 93.0 Å². The van der Waals surface area contributed by atoms with Crippen molar-refractivity contribution in [3.8, 4) is 0 Å². The molecule has 1 fully saturated rings. The molecule has 2 amide bonds. The molecule has 8 heteroatoms. The van der Waals surface area contributed by atoms with Crippen LogP contribution in [0.5, 0.6) is 0 Å². The normalized spacial score (nSPS) is 22.6. The Kier molecular flexibility index (Phi) is 10.2. The standard InChI is InChI=1S/C24H44N2O6/c1-9-10-11-17(16(2)3)19(27)25-13-12-24(8,21(29)30)14-26-20(28)18-22(4,5)15-31-23(6,7)32-18/h16-18H,9-15H2,1-8H3,(H,25,27)(H,26,28)(H,29,30). The lowest BCUT2D eigenvalue weighted by Crippen LogP contribution is -2.57. The van der Waals surface area contributed by atoms with E-state index in [0.717, 1.165) is 19.3 Å². The zero-order valence-electron chi connectivity index (χ0n) is 21.2. The summed E-state index contributed by atoms with van der Waals surface area (Å²) in [5.74, 6) is -2.17. The first-order chi connectivity index (χ1) is 14.6. The maximum atomic E-state index is 12.9. The van der Waals surface area contributed by atoms with E-state index in [2.05, 4.69) is 17.6 Å². The molecule has 8 nitrogen and oxygen atoms in total. The van der Waals surface area contributed by atoms with Crippen LogP contribution >= 0.6 is 0 Å². The van der Waals surface area contributed by atoms with Gasteiger partial charge in [-0.1, -0.05) is 47.5 Å². The van der Waals surface area contributed by atoms with Gasteiger partial charge in [0.1, 0.15) is 6.10 Å². The lowest BCUT2D eigenvalue weighted by Gasteiger charge is -2.45. The van der Waals surface area contributed by atoms with E-state index < -0.39 is 28.7 Å². The van der Waals surface area contributed by atoms with Crippen LogP contribution in [0.3, 0.4) is 0 Å². The SMILES string of the molecule is CCCCC(C(=O)NCCC(C)(CNC(=O)C1OC(C)(C)OCC1(C)C)C(=O)O)C(C)C. The van der Waals surface area contributed by atoms with Gasteiger partial charge in [-0.2, -0.15) is 0 Å². The van der Waals surface area contributed by atoms with E-state index >= 15 is 0 Å². The molecule has 0 aromatic rings. The molecule has 186 valence electrons. The van der Waals surface area contributed by atoms with Gasteiger partial charge in [0.15, 0.2) is 5.79 Å². The summed E-state index contributed by atoms with van der Waals surface area (Å²) in [6, 6.07) is 0. The minimum absolute atomic E-state index is 0.0372. The molecule has 0 saturated carbocycles. The fourth-order valence-corrected chi connectivity index (χ4v) is 3.75. The number of carboxylic acids is 1. The lowest BCUT2D eigenvalue weighted by atomic mass is 9.84. The predicted molar refractivity (Wildman–Crippen MR) is 123 cm³/mol. The van der Waals surface area contributed by atoms with Crippen molar-refractivity contribution in [3.05, 3.63) is 0 Å². The summed E-state index contributed by atoms with van der Waals surface area (Å²) in [5.41, 5.74) is -1.76. The molecular formula is C24H44N2O6. The zero-order valence-corrected chi connectivity index (χ0v) is 21.2. The van der Waals surface area contributed by atoms with Crippen LogP contribution in [0.15, 0.2) is 0 Å². The number of amides is 2. The number of unbranched alkanes of at least 4 members (excludes halogenated alkanes) is 1. The number of rotatable bonds is 12. The van der Waals surface area contributed by atoms with Crippen LogP contribution in [0.1, 0.15) is 81.1 Å². The van der Waals surface area contributed by atoms with Crippen molar-refractivity contribution in [2.24, 2.45) is 22.7 Å². The molecule has 0 aliphatic carbocycles. The maximum absolute atomic E-state index is 12.9. The highest BCUT2D eigenvalue weighted by molar-refractivity contribution is 5.83. The molecule has 32 heavy (non-hydrogen) atoms. The van der Waals surface area contributed by atoms with Gasteiger partial charge >= 0.3 is 5.97 Å². The minimum Gasteiger partial charge on any atom is -0.481 e. The fourth-order valence-electron chi connectivity index (χ4n) is 3.75. The fraction of sp³-hybridized carbons (Fsp3) is 0.875. The third-order valence-corrected chi connectivity index (χ3v) is 6.30. The van der Waals surface area contributed by atoms with Gasteiger partial charge in [0, 0.05) is 24.4 Å². The summed E-state index contributed by atoms with van der Waals surface area (Å²) < 4.78 is 11.5. The van der Waals surface area contributed by atoms with Crippen LogP contribution in [0.25, 0.3) is 0 Å². The van der Waals surface area contributed by atoms with Gasteiger partial charge in [-0.25, -0.2) is 0 Å². The average molecular weight is 457 g/mol. The molecule has 1 aliphatic heterocycles. The molecule has 3 N–H and O–H groups in total. The van der Waals surface area contributed by atoms with E-state index in [1.165, 1.54) is 0 Å². The van der Waals surface area contributed by atoms with Gasteiger partial charge in [-0.3, -0.25) is 14.4 Å². The zero-order chi connectivity index (χ0) is 24.7. The molecule has 1 aliphatic rings. The highest BCUT2D eigenvalue weighted by Crippen LogP contribution is 2.35. The second-order valence-corrected chi connectivity index (χ2v) is 10.8. The van der Waals surface area contributed by atoms with Gasteiger partial charge in [0.25, 0.3) is 0 Å². The molecule has 0 radical (unpaired) electrons. The summed E-state index contributed by atoms with van der Waals surface area (Å²) in [6.07, 6.45) is 2.28. The van der Waals surface area contributed by atoms with E-state index in [-0.39, 0.29) is 43.2 Å². The molecular weight excluding hydrogens is 412 g/mol. The number of aliphatic carboxylic acids is 1. The van der Waals surface area contributed by atoms with Crippen molar-refractivity contribution in [2.75, 3.05) is 19.7 Å². The van der Waals surface area contributed by atoms with Gasteiger partial charge in [0.2, 0.25) is 11.8 Å². The largest absolute Gasteiger partial charge is 0.481 e. The number of hydrogen-bond acceptors (Lipinski definition) is 5. The molecule has 0 bridgehead atoms.